The molecule has 0 spiro atoms. The normalized spacial score (nSPS) is 10.5. The van der Waals surface area contributed by atoms with Crippen LogP contribution in [0.1, 0.15) is 15.9 Å². The Morgan fingerprint density at radius 3 is 2.42 bits per heavy atom. The lowest BCUT2D eigenvalue weighted by atomic mass is 10.1. The zero-order valence-electron chi connectivity index (χ0n) is 16.7. The smallest absolute Gasteiger partial charge is 0.254 e. The van der Waals surface area contributed by atoms with Crippen LogP contribution in [0, 0.1) is 24.4 Å². The van der Waals surface area contributed by atoms with Crippen molar-refractivity contribution in [3.8, 4) is 5.75 Å². The molecule has 31 heavy (non-hydrogen) atoms. The van der Waals surface area contributed by atoms with Crippen LogP contribution in [-0.4, -0.2) is 41.3 Å². The Morgan fingerprint density at radius 1 is 1.00 bits per heavy atom. The van der Waals surface area contributed by atoms with E-state index >= 15 is 0 Å². The Morgan fingerprint density at radius 2 is 1.74 bits per heavy atom. The first-order valence-corrected chi connectivity index (χ1v) is 9.16. The molecule has 11 heteroatoms. The first kappa shape index (κ1) is 21.8. The van der Waals surface area contributed by atoms with Crippen molar-refractivity contribution in [2.45, 2.75) is 6.92 Å². The molecule has 3 rings (SSSR count). The number of hydrogen-bond donors (Lipinski definition) is 3. The summed E-state index contributed by atoms with van der Waals surface area (Å²) >= 11 is 0. The topological polar surface area (TPSA) is 101 Å². The average Bonchev–Trinajstić information content (AvgIpc) is 2.75. The second-order valence-electron chi connectivity index (χ2n) is 6.40. The molecular weight excluding hydrogens is 413 g/mol. The fourth-order valence-electron chi connectivity index (χ4n) is 2.62. The van der Waals surface area contributed by atoms with E-state index in [-0.39, 0.29) is 13.1 Å². The van der Waals surface area contributed by atoms with Crippen molar-refractivity contribution in [3.05, 3.63) is 65.1 Å². The van der Waals surface area contributed by atoms with Crippen LogP contribution in [0.5, 0.6) is 5.75 Å². The maximum absolute atomic E-state index is 14.1. The molecule has 3 N–H and O–H groups in total. The molecule has 0 atom stereocenters. The SMILES string of the molecule is COc1c(F)c(F)cc(C(=O)NCCNc2ccc(Nc3cc(C)ccn3)nn2)c1F. The van der Waals surface area contributed by atoms with Gasteiger partial charge >= 0.3 is 0 Å². The molecule has 2 aromatic heterocycles. The zero-order chi connectivity index (χ0) is 22.4. The molecule has 3 aromatic rings. The molecule has 1 amide bonds. The number of carbonyl (C=O) groups excluding carboxylic acids is 1. The van der Waals surface area contributed by atoms with Crippen molar-refractivity contribution in [2.75, 3.05) is 30.8 Å². The molecule has 1 aromatic carbocycles. The number of aryl methyl sites for hydroxylation is 1. The number of carbonyl (C=O) groups is 1. The van der Waals surface area contributed by atoms with E-state index in [2.05, 4.69) is 35.9 Å². The highest BCUT2D eigenvalue weighted by atomic mass is 19.2. The minimum absolute atomic E-state index is 0.0640. The van der Waals surface area contributed by atoms with Gasteiger partial charge in [0.05, 0.1) is 12.7 Å². The van der Waals surface area contributed by atoms with E-state index in [0.717, 1.165) is 12.7 Å². The van der Waals surface area contributed by atoms with Gasteiger partial charge < -0.3 is 20.7 Å². The Bertz CT molecular complexity index is 1080. The summed E-state index contributed by atoms with van der Waals surface area (Å²) in [6.07, 6.45) is 1.68. The quantitative estimate of drug-likeness (QED) is 0.371. The summed E-state index contributed by atoms with van der Waals surface area (Å²) in [6.45, 7) is 2.24. The first-order valence-electron chi connectivity index (χ1n) is 9.16. The number of anilines is 3. The van der Waals surface area contributed by atoms with Gasteiger partial charge in [-0.25, -0.2) is 13.8 Å². The number of nitrogens with zero attached hydrogens (tertiary/aromatic N) is 3. The third-order valence-electron chi connectivity index (χ3n) is 4.12. The van der Waals surface area contributed by atoms with Gasteiger partial charge in [0.25, 0.3) is 5.91 Å². The fraction of sp³-hybridized carbons (Fsp3) is 0.200. The molecule has 0 aliphatic rings. The fourth-order valence-corrected chi connectivity index (χ4v) is 2.62. The molecule has 0 saturated heterocycles. The standard InChI is InChI=1S/C20H19F3N6O2/c1-11-5-6-24-16(9-11)27-15-4-3-14(28-29-15)25-7-8-26-20(30)12-10-13(21)18(23)19(31-2)17(12)22/h3-6,9-10H,7-8H2,1-2H3,(H,25,28)(H,26,30)(H,24,27,29). The maximum Gasteiger partial charge on any atom is 0.254 e. The summed E-state index contributed by atoms with van der Waals surface area (Å²) in [4.78, 5) is 16.3. The van der Waals surface area contributed by atoms with E-state index in [9.17, 15) is 18.0 Å². The molecular formula is C20H19F3N6O2. The molecule has 0 fully saturated rings. The lowest BCUT2D eigenvalue weighted by Crippen LogP contribution is -2.30. The van der Waals surface area contributed by atoms with Crippen LogP contribution < -0.4 is 20.7 Å². The van der Waals surface area contributed by atoms with Crippen LogP contribution in [-0.2, 0) is 0 Å². The van der Waals surface area contributed by atoms with Crippen molar-refractivity contribution in [3.63, 3.8) is 0 Å². The van der Waals surface area contributed by atoms with Crippen LogP contribution in [0.25, 0.3) is 0 Å². The van der Waals surface area contributed by atoms with Crippen LogP contribution in [0.2, 0.25) is 0 Å². The molecule has 162 valence electrons. The molecule has 0 aliphatic heterocycles. The third-order valence-corrected chi connectivity index (χ3v) is 4.12. The van der Waals surface area contributed by atoms with Gasteiger partial charge in [0.15, 0.2) is 23.2 Å². The number of ether oxygens (including phenoxy) is 1. The number of rotatable bonds is 8. The minimum atomic E-state index is -1.49. The Balaban J connectivity index is 1.51. The van der Waals surface area contributed by atoms with Gasteiger partial charge in [0.2, 0.25) is 5.82 Å². The van der Waals surface area contributed by atoms with Crippen LogP contribution in [0.3, 0.4) is 0 Å². The predicted octanol–water partition coefficient (Wildman–Crippen LogP) is 3.19. The number of halogens is 3. The third kappa shape index (κ3) is 5.38. The molecule has 0 unspecified atom stereocenters. The minimum Gasteiger partial charge on any atom is -0.491 e. The van der Waals surface area contributed by atoms with Crippen LogP contribution in [0.4, 0.5) is 30.6 Å². The highest BCUT2D eigenvalue weighted by Gasteiger charge is 2.23. The van der Waals surface area contributed by atoms with E-state index in [1.807, 2.05) is 19.1 Å². The molecule has 8 nitrogen and oxygen atoms in total. The largest absolute Gasteiger partial charge is 0.491 e. The summed E-state index contributed by atoms with van der Waals surface area (Å²) in [5, 5.41) is 16.4. The summed E-state index contributed by atoms with van der Waals surface area (Å²) in [7, 11) is 0.978. The van der Waals surface area contributed by atoms with Gasteiger partial charge in [-0.15, -0.1) is 10.2 Å². The summed E-state index contributed by atoms with van der Waals surface area (Å²) in [5.74, 6) is -4.43. The Kier molecular flexibility index (Phi) is 6.85. The number of hydrogen-bond acceptors (Lipinski definition) is 7. The number of methoxy groups -OCH3 is 1. The second kappa shape index (κ2) is 9.74. The Hall–Kier alpha value is -3.89. The van der Waals surface area contributed by atoms with E-state index in [4.69, 9.17) is 0 Å². The van der Waals surface area contributed by atoms with Crippen LogP contribution >= 0.6 is 0 Å². The van der Waals surface area contributed by atoms with Gasteiger partial charge in [-0.2, -0.15) is 4.39 Å². The lowest BCUT2D eigenvalue weighted by Gasteiger charge is -2.11. The predicted molar refractivity (Wildman–Crippen MR) is 108 cm³/mol. The van der Waals surface area contributed by atoms with Crippen molar-refractivity contribution in [1.29, 1.82) is 0 Å². The van der Waals surface area contributed by atoms with Crippen molar-refractivity contribution in [1.82, 2.24) is 20.5 Å². The molecule has 0 aliphatic carbocycles. The van der Waals surface area contributed by atoms with Crippen molar-refractivity contribution in [2.24, 2.45) is 0 Å². The average molecular weight is 432 g/mol. The van der Waals surface area contributed by atoms with Gasteiger partial charge in [0, 0.05) is 19.3 Å². The molecule has 0 bridgehead atoms. The lowest BCUT2D eigenvalue weighted by molar-refractivity contribution is 0.0949. The van der Waals surface area contributed by atoms with Crippen molar-refractivity contribution < 1.29 is 22.7 Å². The number of benzene rings is 1. The summed E-state index contributed by atoms with van der Waals surface area (Å²) in [5.41, 5.74) is 0.392. The molecule has 2 heterocycles. The Labute approximate surface area is 175 Å². The van der Waals surface area contributed by atoms with Gasteiger partial charge in [-0.3, -0.25) is 4.79 Å². The van der Waals surface area contributed by atoms with Gasteiger partial charge in [0.1, 0.15) is 11.6 Å². The van der Waals surface area contributed by atoms with E-state index in [1.54, 1.807) is 18.3 Å². The maximum atomic E-state index is 14.1. The molecule has 0 radical (unpaired) electrons. The number of aromatic nitrogens is 3. The summed E-state index contributed by atoms with van der Waals surface area (Å²) in [6, 6.07) is 7.59. The monoisotopic (exact) mass is 432 g/mol. The van der Waals surface area contributed by atoms with E-state index in [0.29, 0.717) is 23.5 Å². The number of nitrogens with one attached hydrogen (secondary N) is 3. The highest BCUT2D eigenvalue weighted by Crippen LogP contribution is 2.26. The number of pyridine rings is 1. The van der Waals surface area contributed by atoms with E-state index in [1.165, 1.54) is 0 Å². The van der Waals surface area contributed by atoms with Crippen LogP contribution in [0.15, 0.2) is 36.5 Å². The zero-order valence-corrected chi connectivity index (χ0v) is 16.7. The summed E-state index contributed by atoms with van der Waals surface area (Å²) < 4.78 is 45.6. The first-order chi connectivity index (χ1) is 14.9. The molecule has 0 saturated carbocycles. The number of amides is 1. The highest BCUT2D eigenvalue weighted by molar-refractivity contribution is 5.95. The van der Waals surface area contributed by atoms with Gasteiger partial charge in [-0.05, 0) is 42.8 Å². The second-order valence-corrected chi connectivity index (χ2v) is 6.40. The van der Waals surface area contributed by atoms with Crippen molar-refractivity contribution >= 4 is 23.4 Å². The van der Waals surface area contributed by atoms with Gasteiger partial charge in [-0.1, -0.05) is 0 Å². The van der Waals surface area contributed by atoms with E-state index < -0.39 is 34.7 Å².